The van der Waals surface area contributed by atoms with Gasteiger partial charge in [-0.15, -0.1) is 0 Å². The van der Waals surface area contributed by atoms with Crippen LogP contribution in [0.4, 0.5) is 5.69 Å². The highest BCUT2D eigenvalue weighted by molar-refractivity contribution is 7.80. The minimum absolute atomic E-state index is 0.154. The van der Waals surface area contributed by atoms with Crippen molar-refractivity contribution < 1.29 is 14.3 Å². The summed E-state index contributed by atoms with van der Waals surface area (Å²) in [5.74, 6) is 0.101. The van der Waals surface area contributed by atoms with Crippen LogP contribution in [0.5, 0.6) is 5.75 Å². The van der Waals surface area contributed by atoms with E-state index in [4.69, 9.17) is 17.0 Å². The third kappa shape index (κ3) is 8.02. The lowest BCUT2D eigenvalue weighted by molar-refractivity contribution is 0.0948. The van der Waals surface area contributed by atoms with Gasteiger partial charge in [0.25, 0.3) is 11.8 Å². The Labute approximate surface area is 221 Å². The molecule has 0 heterocycles. The van der Waals surface area contributed by atoms with Gasteiger partial charge in [-0.2, -0.15) is 0 Å². The highest BCUT2D eigenvalue weighted by atomic mass is 32.1. The molecule has 0 bridgehead atoms. The van der Waals surface area contributed by atoms with E-state index in [9.17, 15) is 9.59 Å². The first-order chi connectivity index (χ1) is 18.1. The van der Waals surface area contributed by atoms with Crippen LogP contribution in [0.2, 0.25) is 0 Å². The lowest BCUT2D eigenvalue weighted by Gasteiger charge is -2.11. The van der Waals surface area contributed by atoms with Crippen molar-refractivity contribution in [1.29, 1.82) is 0 Å². The monoisotopic (exact) mass is 509 g/mol. The van der Waals surface area contributed by atoms with Gasteiger partial charge in [0.1, 0.15) is 5.75 Å². The molecule has 0 unspecified atom stereocenters. The molecule has 0 saturated heterocycles. The lowest BCUT2D eigenvalue weighted by atomic mass is 10.1. The van der Waals surface area contributed by atoms with Gasteiger partial charge in [-0.25, -0.2) is 0 Å². The van der Waals surface area contributed by atoms with Crippen LogP contribution in [-0.4, -0.2) is 23.5 Å². The van der Waals surface area contributed by atoms with Crippen LogP contribution in [0, 0.1) is 0 Å². The summed E-state index contributed by atoms with van der Waals surface area (Å²) in [5.41, 5.74) is 3.84. The Morgan fingerprint density at radius 1 is 0.703 bits per heavy atom. The molecular weight excluding hydrogens is 482 g/mol. The van der Waals surface area contributed by atoms with Crippen LogP contribution >= 0.6 is 12.2 Å². The highest BCUT2D eigenvalue weighted by Gasteiger charge is 2.10. The fourth-order valence-corrected chi connectivity index (χ4v) is 3.79. The molecule has 37 heavy (non-hydrogen) atoms. The first kappa shape index (κ1) is 25.6. The van der Waals surface area contributed by atoms with Gasteiger partial charge in [0.05, 0.1) is 6.61 Å². The largest absolute Gasteiger partial charge is 0.493 e. The second-order valence-electron chi connectivity index (χ2n) is 8.27. The molecule has 0 aliphatic rings. The first-order valence-electron chi connectivity index (χ1n) is 11.9. The molecule has 0 aliphatic heterocycles. The Hall–Kier alpha value is -4.49. The minimum atomic E-state index is -0.345. The van der Waals surface area contributed by atoms with Crippen molar-refractivity contribution in [3.05, 3.63) is 131 Å². The van der Waals surface area contributed by atoms with Crippen LogP contribution in [0.3, 0.4) is 0 Å². The van der Waals surface area contributed by atoms with E-state index in [1.165, 1.54) is 5.56 Å². The zero-order chi connectivity index (χ0) is 25.9. The first-order valence-corrected chi connectivity index (χ1v) is 12.3. The number of benzene rings is 4. The number of ether oxygens (including phenoxy) is 1. The van der Waals surface area contributed by atoms with E-state index in [2.05, 4.69) is 28.1 Å². The summed E-state index contributed by atoms with van der Waals surface area (Å²) in [6.07, 6.45) is 0.777. The maximum absolute atomic E-state index is 12.7. The van der Waals surface area contributed by atoms with Crippen molar-refractivity contribution in [3.8, 4) is 5.75 Å². The Balaban J connectivity index is 1.24. The fourth-order valence-electron chi connectivity index (χ4n) is 3.58. The number of hydrogen-bond acceptors (Lipinski definition) is 4. The number of carbonyl (C=O) groups is 2. The summed E-state index contributed by atoms with van der Waals surface area (Å²) >= 11 is 5.30. The summed E-state index contributed by atoms with van der Waals surface area (Å²) in [6, 6.07) is 33.6. The molecule has 6 nitrogen and oxygen atoms in total. The van der Waals surface area contributed by atoms with Crippen molar-refractivity contribution in [3.63, 3.8) is 0 Å². The molecule has 4 rings (SSSR count). The second kappa shape index (κ2) is 13.0. The predicted molar refractivity (Wildman–Crippen MR) is 150 cm³/mol. The number of anilines is 1. The van der Waals surface area contributed by atoms with Crippen molar-refractivity contribution >= 4 is 34.8 Å². The van der Waals surface area contributed by atoms with E-state index in [-0.39, 0.29) is 16.9 Å². The maximum atomic E-state index is 12.7. The SMILES string of the molecule is O=C(NCc1ccccc1)c1ccc(NC(=S)NC(=O)c2cccc(OCCc3ccccc3)c2)cc1. The molecule has 2 amide bonds. The fraction of sp³-hybridized carbons (Fsp3) is 0.100. The van der Waals surface area contributed by atoms with Gasteiger partial charge in [-0.1, -0.05) is 66.7 Å². The Bertz CT molecular complexity index is 1340. The van der Waals surface area contributed by atoms with E-state index >= 15 is 0 Å². The van der Waals surface area contributed by atoms with Gasteiger partial charge in [-0.3, -0.25) is 14.9 Å². The lowest BCUT2D eigenvalue weighted by Crippen LogP contribution is -2.34. The van der Waals surface area contributed by atoms with Gasteiger partial charge >= 0.3 is 0 Å². The van der Waals surface area contributed by atoms with E-state index in [1.807, 2.05) is 54.6 Å². The standard InChI is InChI=1S/C30H27N3O3S/c34-28(31-21-23-10-5-2-6-11-23)24-14-16-26(17-15-24)32-30(37)33-29(35)25-12-7-13-27(20-25)36-19-18-22-8-3-1-4-9-22/h1-17,20H,18-19,21H2,(H,31,34)(H2,32,33,35,37). The average Bonchev–Trinajstić information content (AvgIpc) is 2.93. The molecular formula is C30H27N3O3S. The quantitative estimate of drug-likeness (QED) is 0.265. The topological polar surface area (TPSA) is 79.5 Å². The molecule has 0 fully saturated rings. The van der Waals surface area contributed by atoms with Crippen molar-refractivity contribution in [1.82, 2.24) is 10.6 Å². The zero-order valence-corrected chi connectivity index (χ0v) is 21.0. The van der Waals surface area contributed by atoms with E-state index in [1.54, 1.807) is 42.5 Å². The van der Waals surface area contributed by atoms with E-state index < -0.39 is 0 Å². The highest BCUT2D eigenvalue weighted by Crippen LogP contribution is 2.15. The van der Waals surface area contributed by atoms with Crippen LogP contribution < -0.4 is 20.7 Å². The van der Waals surface area contributed by atoms with Gasteiger partial charge in [0.15, 0.2) is 5.11 Å². The van der Waals surface area contributed by atoms with Gasteiger partial charge < -0.3 is 15.4 Å². The number of carbonyl (C=O) groups excluding carboxylic acids is 2. The third-order valence-electron chi connectivity index (χ3n) is 5.53. The second-order valence-corrected chi connectivity index (χ2v) is 8.67. The summed E-state index contributed by atoms with van der Waals surface area (Å²) in [7, 11) is 0. The zero-order valence-electron chi connectivity index (χ0n) is 20.1. The predicted octanol–water partition coefficient (Wildman–Crippen LogP) is 5.36. The third-order valence-corrected chi connectivity index (χ3v) is 5.73. The van der Waals surface area contributed by atoms with E-state index in [0.717, 1.165) is 12.0 Å². The molecule has 0 spiro atoms. The molecule has 4 aromatic rings. The molecule has 0 saturated carbocycles. The van der Waals surface area contributed by atoms with Crippen LogP contribution in [0.1, 0.15) is 31.8 Å². The number of nitrogens with one attached hydrogen (secondary N) is 3. The molecule has 0 aliphatic carbocycles. The molecule has 0 aromatic heterocycles. The van der Waals surface area contributed by atoms with Crippen LogP contribution in [-0.2, 0) is 13.0 Å². The molecule has 0 atom stereocenters. The van der Waals surface area contributed by atoms with Crippen molar-refractivity contribution in [2.45, 2.75) is 13.0 Å². The summed E-state index contributed by atoms with van der Waals surface area (Å²) in [5, 5.41) is 8.69. The Morgan fingerprint density at radius 2 is 1.38 bits per heavy atom. The average molecular weight is 510 g/mol. The Kier molecular flexibility index (Phi) is 8.99. The van der Waals surface area contributed by atoms with Gasteiger partial charge in [0, 0.05) is 29.8 Å². The minimum Gasteiger partial charge on any atom is -0.493 e. The van der Waals surface area contributed by atoms with Crippen molar-refractivity contribution in [2.24, 2.45) is 0 Å². The summed E-state index contributed by atoms with van der Waals surface area (Å²) in [6.45, 7) is 0.963. The number of hydrogen-bond donors (Lipinski definition) is 3. The number of thiocarbonyl (C=S) groups is 1. The normalized spacial score (nSPS) is 10.3. The van der Waals surface area contributed by atoms with Crippen LogP contribution in [0.25, 0.3) is 0 Å². The molecule has 7 heteroatoms. The van der Waals surface area contributed by atoms with Crippen molar-refractivity contribution in [2.75, 3.05) is 11.9 Å². The van der Waals surface area contributed by atoms with Crippen LogP contribution in [0.15, 0.2) is 109 Å². The van der Waals surface area contributed by atoms with Gasteiger partial charge in [-0.05, 0) is 65.8 Å². The Morgan fingerprint density at radius 3 is 2.08 bits per heavy atom. The van der Waals surface area contributed by atoms with Gasteiger partial charge in [0.2, 0.25) is 0 Å². The summed E-state index contributed by atoms with van der Waals surface area (Å²) < 4.78 is 5.81. The number of rotatable bonds is 9. The molecule has 186 valence electrons. The number of amides is 2. The molecule has 0 radical (unpaired) electrons. The summed E-state index contributed by atoms with van der Waals surface area (Å²) in [4.78, 5) is 25.1. The van der Waals surface area contributed by atoms with E-state index in [0.29, 0.717) is 35.7 Å². The smallest absolute Gasteiger partial charge is 0.257 e. The molecule has 4 aromatic carbocycles. The maximum Gasteiger partial charge on any atom is 0.257 e. The molecule has 3 N–H and O–H groups in total.